The van der Waals surface area contributed by atoms with Crippen molar-refractivity contribution in [3.8, 4) is 0 Å². The first-order chi connectivity index (χ1) is 10.2. The van der Waals surface area contributed by atoms with Crippen molar-refractivity contribution in [2.75, 3.05) is 31.5 Å². The third-order valence-electron chi connectivity index (χ3n) is 4.46. The molecule has 0 saturated carbocycles. The normalized spacial score (nSPS) is 17.2. The number of aryl methyl sites for hydroxylation is 1. The number of aromatic nitrogens is 1. The summed E-state index contributed by atoms with van der Waals surface area (Å²) >= 11 is 0. The monoisotopic (exact) mass is 283 g/mol. The van der Waals surface area contributed by atoms with E-state index in [4.69, 9.17) is 0 Å². The number of nitrogens with zero attached hydrogens (tertiary/aromatic N) is 2. The second kappa shape index (κ2) is 6.44. The first-order valence-electron chi connectivity index (χ1n) is 8.05. The van der Waals surface area contributed by atoms with Crippen LogP contribution < -0.4 is 5.32 Å². The number of hydrogen-bond acceptors (Lipinski definition) is 3. The third kappa shape index (κ3) is 3.53. The highest BCUT2D eigenvalue weighted by Crippen LogP contribution is 2.22. The van der Waals surface area contributed by atoms with Crippen LogP contribution in [0.5, 0.6) is 0 Å². The molecular weight excluding hydrogens is 258 g/mol. The molecule has 1 saturated heterocycles. The summed E-state index contributed by atoms with van der Waals surface area (Å²) < 4.78 is 0. The molecule has 2 heterocycles. The summed E-state index contributed by atoms with van der Waals surface area (Å²) in [7, 11) is 0. The van der Waals surface area contributed by atoms with E-state index in [1.165, 1.54) is 37.0 Å². The Kier molecular flexibility index (Phi) is 4.39. The molecule has 0 aliphatic carbocycles. The van der Waals surface area contributed by atoms with Gasteiger partial charge in [0.2, 0.25) is 0 Å². The molecule has 3 rings (SSSR count). The Morgan fingerprint density at radius 1 is 1.24 bits per heavy atom. The number of rotatable bonds is 4. The van der Waals surface area contributed by atoms with Crippen molar-refractivity contribution in [1.82, 2.24) is 9.88 Å². The zero-order chi connectivity index (χ0) is 14.7. The molecule has 0 atom stereocenters. The summed E-state index contributed by atoms with van der Waals surface area (Å²) in [5.74, 6) is 0.904. The lowest BCUT2D eigenvalue weighted by atomic mass is 9.99. The highest BCUT2D eigenvalue weighted by molar-refractivity contribution is 5.91. The number of para-hydroxylation sites is 1. The fraction of sp³-hybridized carbons (Fsp3) is 0.500. The molecule has 1 aliphatic rings. The fourth-order valence-electron chi connectivity index (χ4n) is 3.09. The minimum absolute atomic E-state index is 0.904. The minimum atomic E-state index is 0.904. The number of benzene rings is 1. The molecule has 3 heteroatoms. The van der Waals surface area contributed by atoms with Gasteiger partial charge in [-0.1, -0.05) is 25.1 Å². The molecule has 3 nitrogen and oxygen atoms in total. The van der Waals surface area contributed by atoms with Crippen LogP contribution in [0.3, 0.4) is 0 Å². The van der Waals surface area contributed by atoms with Gasteiger partial charge >= 0.3 is 0 Å². The van der Waals surface area contributed by atoms with E-state index in [0.29, 0.717) is 0 Å². The minimum Gasteiger partial charge on any atom is -0.383 e. The van der Waals surface area contributed by atoms with Crippen LogP contribution in [-0.4, -0.2) is 36.1 Å². The number of hydrogen-bond donors (Lipinski definition) is 1. The topological polar surface area (TPSA) is 28.2 Å². The highest BCUT2D eigenvalue weighted by atomic mass is 15.1. The SMILES string of the molecule is Cc1cc(NCCN2CCC(C)CC2)c2ccccc2n1. The Bertz CT molecular complexity index is 600. The number of fused-ring (bicyclic) bond motifs is 1. The number of likely N-dealkylation sites (tertiary alicyclic amines) is 1. The fourth-order valence-corrected chi connectivity index (χ4v) is 3.09. The molecule has 0 bridgehead atoms. The van der Waals surface area contributed by atoms with Gasteiger partial charge in [0.1, 0.15) is 0 Å². The van der Waals surface area contributed by atoms with Gasteiger partial charge in [0.25, 0.3) is 0 Å². The molecule has 1 fully saturated rings. The maximum atomic E-state index is 4.59. The van der Waals surface area contributed by atoms with Crippen LogP contribution in [0.2, 0.25) is 0 Å². The van der Waals surface area contributed by atoms with Crippen molar-refractivity contribution >= 4 is 16.6 Å². The largest absolute Gasteiger partial charge is 0.383 e. The van der Waals surface area contributed by atoms with E-state index in [1.807, 2.05) is 6.07 Å². The molecule has 0 radical (unpaired) electrons. The standard InChI is InChI=1S/C18H25N3/c1-14-7-10-21(11-8-14)12-9-19-18-13-15(2)20-17-6-4-3-5-16(17)18/h3-6,13-14H,7-12H2,1-2H3,(H,19,20). The van der Waals surface area contributed by atoms with Crippen LogP contribution in [0.25, 0.3) is 10.9 Å². The Labute approximate surface area is 127 Å². The average Bonchev–Trinajstić information content (AvgIpc) is 2.49. The number of anilines is 1. The molecule has 1 aromatic carbocycles. The molecule has 1 N–H and O–H groups in total. The van der Waals surface area contributed by atoms with E-state index in [9.17, 15) is 0 Å². The highest BCUT2D eigenvalue weighted by Gasteiger charge is 2.14. The number of nitrogens with one attached hydrogen (secondary N) is 1. The molecule has 0 amide bonds. The predicted molar refractivity (Wildman–Crippen MR) is 89.8 cm³/mol. The van der Waals surface area contributed by atoms with Gasteiger partial charge in [0.05, 0.1) is 5.52 Å². The van der Waals surface area contributed by atoms with Gasteiger partial charge in [0.15, 0.2) is 0 Å². The van der Waals surface area contributed by atoms with Gasteiger partial charge in [0, 0.05) is 29.9 Å². The van der Waals surface area contributed by atoms with Crippen molar-refractivity contribution in [2.24, 2.45) is 5.92 Å². The summed E-state index contributed by atoms with van der Waals surface area (Å²) in [5, 5.41) is 4.82. The molecule has 112 valence electrons. The molecular formula is C18H25N3. The maximum absolute atomic E-state index is 4.59. The van der Waals surface area contributed by atoms with Crippen molar-refractivity contribution in [1.29, 1.82) is 0 Å². The lowest BCUT2D eigenvalue weighted by molar-refractivity contribution is 0.199. The first kappa shape index (κ1) is 14.3. The van der Waals surface area contributed by atoms with Crippen molar-refractivity contribution in [2.45, 2.75) is 26.7 Å². The Balaban J connectivity index is 1.63. The second-order valence-electron chi connectivity index (χ2n) is 6.28. The van der Waals surface area contributed by atoms with Crippen LogP contribution >= 0.6 is 0 Å². The smallest absolute Gasteiger partial charge is 0.0725 e. The van der Waals surface area contributed by atoms with Crippen molar-refractivity contribution in [3.05, 3.63) is 36.0 Å². The van der Waals surface area contributed by atoms with Crippen LogP contribution in [-0.2, 0) is 0 Å². The number of pyridine rings is 1. The van der Waals surface area contributed by atoms with E-state index < -0.39 is 0 Å². The van der Waals surface area contributed by atoms with Gasteiger partial charge in [-0.05, 0) is 50.9 Å². The second-order valence-corrected chi connectivity index (χ2v) is 6.28. The molecule has 21 heavy (non-hydrogen) atoms. The Hall–Kier alpha value is -1.61. The van der Waals surface area contributed by atoms with Gasteiger partial charge in [-0.3, -0.25) is 4.98 Å². The number of piperidine rings is 1. The quantitative estimate of drug-likeness (QED) is 0.927. The van der Waals surface area contributed by atoms with Crippen molar-refractivity contribution < 1.29 is 0 Å². The Morgan fingerprint density at radius 3 is 2.81 bits per heavy atom. The lowest BCUT2D eigenvalue weighted by Gasteiger charge is -2.30. The van der Waals surface area contributed by atoms with Gasteiger partial charge < -0.3 is 10.2 Å². The van der Waals surface area contributed by atoms with Crippen LogP contribution in [0, 0.1) is 12.8 Å². The van der Waals surface area contributed by atoms with Crippen LogP contribution in [0.15, 0.2) is 30.3 Å². The zero-order valence-corrected chi connectivity index (χ0v) is 13.1. The molecule has 0 unspecified atom stereocenters. The van der Waals surface area contributed by atoms with E-state index in [1.54, 1.807) is 0 Å². The van der Waals surface area contributed by atoms with E-state index in [-0.39, 0.29) is 0 Å². The van der Waals surface area contributed by atoms with Crippen LogP contribution in [0.1, 0.15) is 25.5 Å². The summed E-state index contributed by atoms with van der Waals surface area (Å²) in [4.78, 5) is 7.16. The zero-order valence-electron chi connectivity index (χ0n) is 13.1. The average molecular weight is 283 g/mol. The predicted octanol–water partition coefficient (Wildman–Crippen LogP) is 3.69. The lowest BCUT2D eigenvalue weighted by Crippen LogP contribution is -2.36. The summed E-state index contributed by atoms with van der Waals surface area (Å²) in [6.45, 7) is 9.05. The van der Waals surface area contributed by atoms with E-state index in [0.717, 1.165) is 30.2 Å². The van der Waals surface area contributed by atoms with Crippen LogP contribution in [0.4, 0.5) is 5.69 Å². The van der Waals surface area contributed by atoms with Crippen molar-refractivity contribution in [3.63, 3.8) is 0 Å². The molecule has 2 aromatic rings. The third-order valence-corrected chi connectivity index (χ3v) is 4.46. The van der Waals surface area contributed by atoms with Gasteiger partial charge in [-0.15, -0.1) is 0 Å². The summed E-state index contributed by atoms with van der Waals surface area (Å²) in [5.41, 5.74) is 3.36. The Morgan fingerprint density at radius 2 is 2.00 bits per heavy atom. The summed E-state index contributed by atoms with van der Waals surface area (Å²) in [6, 6.07) is 10.5. The van der Waals surface area contributed by atoms with E-state index in [2.05, 4.69) is 53.3 Å². The van der Waals surface area contributed by atoms with E-state index >= 15 is 0 Å². The van der Waals surface area contributed by atoms with Gasteiger partial charge in [-0.25, -0.2) is 0 Å². The molecule has 1 aliphatic heterocycles. The van der Waals surface area contributed by atoms with Gasteiger partial charge in [-0.2, -0.15) is 0 Å². The first-order valence-corrected chi connectivity index (χ1v) is 8.05. The summed E-state index contributed by atoms with van der Waals surface area (Å²) in [6.07, 6.45) is 2.69. The molecule has 0 spiro atoms. The molecule has 1 aromatic heterocycles. The maximum Gasteiger partial charge on any atom is 0.0725 e.